The standard InChI is InChI=1S/C12H22N2O/c1-2-10-8-13-12(11(10)3-1)9-14-4-6-15-7-5-14/h10-13H,1-9H2. The number of nitrogens with zero attached hydrogens (tertiary/aromatic N) is 1. The lowest BCUT2D eigenvalue weighted by Gasteiger charge is -2.31. The molecule has 2 aliphatic heterocycles. The summed E-state index contributed by atoms with van der Waals surface area (Å²) in [6.07, 6.45) is 4.40. The number of fused-ring (bicyclic) bond motifs is 1. The van der Waals surface area contributed by atoms with Gasteiger partial charge in [0.2, 0.25) is 0 Å². The number of hydrogen-bond acceptors (Lipinski definition) is 3. The van der Waals surface area contributed by atoms with Crippen LogP contribution in [0.2, 0.25) is 0 Å². The van der Waals surface area contributed by atoms with Crippen LogP contribution < -0.4 is 5.32 Å². The van der Waals surface area contributed by atoms with E-state index in [1.54, 1.807) is 0 Å². The minimum atomic E-state index is 0.774. The molecule has 3 nitrogen and oxygen atoms in total. The first-order chi connectivity index (χ1) is 7.43. The molecule has 0 aromatic carbocycles. The average Bonchev–Trinajstić information content (AvgIpc) is 2.85. The SMILES string of the molecule is C1CC2CNC(CN3CCOCC3)C2C1. The van der Waals surface area contributed by atoms with Crippen molar-refractivity contribution in [3.05, 3.63) is 0 Å². The first-order valence-electron chi connectivity index (χ1n) is 6.47. The molecule has 0 radical (unpaired) electrons. The summed E-state index contributed by atoms with van der Waals surface area (Å²) in [4.78, 5) is 2.57. The van der Waals surface area contributed by atoms with Gasteiger partial charge in [-0.05, 0) is 31.2 Å². The van der Waals surface area contributed by atoms with Crippen molar-refractivity contribution in [3.63, 3.8) is 0 Å². The van der Waals surface area contributed by atoms with Gasteiger partial charge in [-0.15, -0.1) is 0 Å². The van der Waals surface area contributed by atoms with Gasteiger partial charge in [0, 0.05) is 25.7 Å². The molecule has 3 rings (SSSR count). The zero-order chi connectivity index (χ0) is 10.1. The molecule has 0 amide bonds. The summed E-state index contributed by atoms with van der Waals surface area (Å²) in [6, 6.07) is 0.774. The zero-order valence-electron chi connectivity index (χ0n) is 9.45. The summed E-state index contributed by atoms with van der Waals surface area (Å²) in [5.74, 6) is 1.98. The predicted octanol–water partition coefficient (Wildman–Crippen LogP) is 0.707. The normalized spacial score (nSPS) is 42.0. The Bertz CT molecular complexity index is 216. The lowest BCUT2D eigenvalue weighted by atomic mass is 9.94. The Labute approximate surface area is 92.2 Å². The maximum atomic E-state index is 5.39. The Morgan fingerprint density at radius 2 is 2.07 bits per heavy atom. The summed E-state index contributed by atoms with van der Waals surface area (Å²) in [5.41, 5.74) is 0. The third-order valence-corrected chi connectivity index (χ3v) is 4.44. The van der Waals surface area contributed by atoms with Gasteiger partial charge in [0.05, 0.1) is 13.2 Å². The molecule has 3 atom stereocenters. The Balaban J connectivity index is 1.54. The third kappa shape index (κ3) is 2.05. The van der Waals surface area contributed by atoms with Gasteiger partial charge in [0.25, 0.3) is 0 Å². The number of rotatable bonds is 2. The highest BCUT2D eigenvalue weighted by Crippen LogP contribution is 2.37. The van der Waals surface area contributed by atoms with Crippen molar-refractivity contribution < 1.29 is 4.74 Å². The molecule has 3 aliphatic rings. The fraction of sp³-hybridized carbons (Fsp3) is 1.00. The number of ether oxygens (including phenoxy) is 1. The second-order valence-corrected chi connectivity index (χ2v) is 5.28. The maximum Gasteiger partial charge on any atom is 0.0594 e. The summed E-state index contributed by atoms with van der Waals surface area (Å²) in [6.45, 7) is 6.66. The number of hydrogen-bond donors (Lipinski definition) is 1. The second kappa shape index (κ2) is 4.40. The molecule has 3 fully saturated rings. The summed E-state index contributed by atoms with van der Waals surface area (Å²) in [7, 11) is 0. The Morgan fingerprint density at radius 3 is 2.93 bits per heavy atom. The Hall–Kier alpha value is -0.120. The molecule has 0 aromatic heterocycles. The molecule has 1 aliphatic carbocycles. The van der Waals surface area contributed by atoms with Gasteiger partial charge in [-0.2, -0.15) is 0 Å². The molecule has 0 bridgehead atoms. The van der Waals surface area contributed by atoms with Crippen molar-refractivity contribution in [2.45, 2.75) is 25.3 Å². The van der Waals surface area contributed by atoms with Crippen LogP contribution in [-0.2, 0) is 4.74 Å². The fourth-order valence-corrected chi connectivity index (χ4v) is 3.56. The minimum absolute atomic E-state index is 0.774. The van der Waals surface area contributed by atoms with Crippen LogP contribution in [0.25, 0.3) is 0 Å². The minimum Gasteiger partial charge on any atom is -0.379 e. The van der Waals surface area contributed by atoms with Crippen molar-refractivity contribution in [2.75, 3.05) is 39.4 Å². The van der Waals surface area contributed by atoms with Crippen LogP contribution in [0.4, 0.5) is 0 Å². The smallest absolute Gasteiger partial charge is 0.0594 e. The zero-order valence-corrected chi connectivity index (χ0v) is 9.45. The number of morpholine rings is 1. The molecule has 15 heavy (non-hydrogen) atoms. The summed E-state index contributed by atoms with van der Waals surface area (Å²) < 4.78 is 5.39. The van der Waals surface area contributed by atoms with E-state index in [1.165, 1.54) is 32.4 Å². The van der Waals surface area contributed by atoms with E-state index < -0.39 is 0 Å². The van der Waals surface area contributed by atoms with Gasteiger partial charge in [-0.1, -0.05) is 6.42 Å². The highest BCUT2D eigenvalue weighted by Gasteiger charge is 2.39. The van der Waals surface area contributed by atoms with Crippen LogP contribution in [0, 0.1) is 11.8 Å². The van der Waals surface area contributed by atoms with Gasteiger partial charge >= 0.3 is 0 Å². The molecular formula is C12H22N2O. The van der Waals surface area contributed by atoms with E-state index >= 15 is 0 Å². The molecule has 2 heterocycles. The molecule has 3 heteroatoms. The quantitative estimate of drug-likeness (QED) is 0.726. The van der Waals surface area contributed by atoms with Crippen LogP contribution in [0.5, 0.6) is 0 Å². The van der Waals surface area contributed by atoms with Crippen molar-refractivity contribution in [3.8, 4) is 0 Å². The number of nitrogens with one attached hydrogen (secondary N) is 1. The predicted molar refractivity (Wildman–Crippen MR) is 59.9 cm³/mol. The van der Waals surface area contributed by atoms with Gasteiger partial charge in [0.1, 0.15) is 0 Å². The van der Waals surface area contributed by atoms with Crippen molar-refractivity contribution in [1.29, 1.82) is 0 Å². The van der Waals surface area contributed by atoms with Gasteiger partial charge in [-0.3, -0.25) is 4.90 Å². The highest BCUT2D eigenvalue weighted by molar-refractivity contribution is 4.95. The first-order valence-corrected chi connectivity index (χ1v) is 6.47. The van der Waals surface area contributed by atoms with E-state index in [0.717, 1.165) is 44.2 Å². The third-order valence-electron chi connectivity index (χ3n) is 4.44. The molecule has 0 aromatic rings. The molecule has 86 valence electrons. The van der Waals surface area contributed by atoms with Crippen molar-refractivity contribution in [2.24, 2.45) is 11.8 Å². The molecule has 0 spiro atoms. The van der Waals surface area contributed by atoms with Crippen LogP contribution in [0.15, 0.2) is 0 Å². The lowest BCUT2D eigenvalue weighted by Crippen LogP contribution is -2.45. The van der Waals surface area contributed by atoms with E-state index in [2.05, 4.69) is 10.2 Å². The largest absolute Gasteiger partial charge is 0.379 e. The molecule has 1 N–H and O–H groups in total. The molecule has 1 saturated carbocycles. The molecule has 2 saturated heterocycles. The van der Waals surface area contributed by atoms with Gasteiger partial charge in [-0.25, -0.2) is 0 Å². The van der Waals surface area contributed by atoms with Gasteiger partial charge < -0.3 is 10.1 Å². The maximum absolute atomic E-state index is 5.39. The fourth-order valence-electron chi connectivity index (χ4n) is 3.56. The molecule has 3 unspecified atom stereocenters. The average molecular weight is 210 g/mol. The monoisotopic (exact) mass is 210 g/mol. The summed E-state index contributed by atoms with van der Waals surface area (Å²) in [5, 5.41) is 3.72. The van der Waals surface area contributed by atoms with E-state index in [1.807, 2.05) is 0 Å². The van der Waals surface area contributed by atoms with Crippen LogP contribution in [0.1, 0.15) is 19.3 Å². The summed E-state index contributed by atoms with van der Waals surface area (Å²) >= 11 is 0. The second-order valence-electron chi connectivity index (χ2n) is 5.28. The van der Waals surface area contributed by atoms with Crippen LogP contribution in [-0.4, -0.2) is 50.3 Å². The van der Waals surface area contributed by atoms with Crippen molar-refractivity contribution >= 4 is 0 Å². The highest BCUT2D eigenvalue weighted by atomic mass is 16.5. The lowest BCUT2D eigenvalue weighted by molar-refractivity contribution is 0.0320. The van der Waals surface area contributed by atoms with Gasteiger partial charge in [0.15, 0.2) is 0 Å². The molecular weight excluding hydrogens is 188 g/mol. The van der Waals surface area contributed by atoms with E-state index in [-0.39, 0.29) is 0 Å². The van der Waals surface area contributed by atoms with E-state index in [9.17, 15) is 0 Å². The van der Waals surface area contributed by atoms with Crippen LogP contribution in [0.3, 0.4) is 0 Å². The Morgan fingerprint density at radius 1 is 1.20 bits per heavy atom. The van der Waals surface area contributed by atoms with E-state index in [0.29, 0.717) is 0 Å². The van der Waals surface area contributed by atoms with Crippen molar-refractivity contribution in [1.82, 2.24) is 10.2 Å². The van der Waals surface area contributed by atoms with E-state index in [4.69, 9.17) is 4.74 Å². The topological polar surface area (TPSA) is 24.5 Å². The Kier molecular flexibility index (Phi) is 2.95. The first kappa shape index (κ1) is 10.1. The van der Waals surface area contributed by atoms with Crippen LogP contribution >= 0.6 is 0 Å².